The van der Waals surface area contributed by atoms with Crippen LogP contribution in [0.5, 0.6) is 0 Å². The first-order valence-electron chi connectivity index (χ1n) is 7.96. The van der Waals surface area contributed by atoms with Crippen LogP contribution in [0.25, 0.3) is 0 Å². The second-order valence-electron chi connectivity index (χ2n) is 6.90. The smallest absolute Gasteiger partial charge is 0.0810 e. The van der Waals surface area contributed by atoms with Gasteiger partial charge in [0.1, 0.15) is 0 Å². The lowest BCUT2D eigenvalue weighted by Crippen LogP contribution is -2.47. The van der Waals surface area contributed by atoms with Crippen molar-refractivity contribution in [1.82, 2.24) is 5.32 Å². The topological polar surface area (TPSA) is 21.3 Å². The number of hydrogen-bond donors (Lipinski definition) is 1. The van der Waals surface area contributed by atoms with E-state index in [-0.39, 0.29) is 5.60 Å². The summed E-state index contributed by atoms with van der Waals surface area (Å²) in [5.41, 5.74) is 0.145. The van der Waals surface area contributed by atoms with E-state index in [0.29, 0.717) is 6.10 Å². The number of rotatable bonds is 4. The van der Waals surface area contributed by atoms with E-state index in [4.69, 9.17) is 4.74 Å². The molecule has 2 aliphatic rings. The van der Waals surface area contributed by atoms with Crippen molar-refractivity contribution in [2.75, 3.05) is 13.6 Å². The summed E-state index contributed by atoms with van der Waals surface area (Å²) in [5.74, 6) is 1.81. The highest BCUT2D eigenvalue weighted by Gasteiger charge is 2.37. The van der Waals surface area contributed by atoms with Gasteiger partial charge in [-0.2, -0.15) is 0 Å². The maximum Gasteiger partial charge on any atom is 0.0810 e. The average Bonchev–Trinajstić information content (AvgIpc) is 2.37. The lowest BCUT2D eigenvalue weighted by atomic mass is 9.78. The van der Waals surface area contributed by atoms with Gasteiger partial charge in [-0.15, -0.1) is 0 Å². The van der Waals surface area contributed by atoms with E-state index in [1.807, 2.05) is 0 Å². The quantitative estimate of drug-likeness (QED) is 0.824. The van der Waals surface area contributed by atoms with Crippen LogP contribution in [0.3, 0.4) is 0 Å². The third kappa shape index (κ3) is 3.71. The molecular formula is C16H31NO. The van der Waals surface area contributed by atoms with E-state index >= 15 is 0 Å². The van der Waals surface area contributed by atoms with Crippen molar-refractivity contribution in [3.8, 4) is 0 Å². The van der Waals surface area contributed by atoms with Gasteiger partial charge in [-0.05, 0) is 70.3 Å². The van der Waals surface area contributed by atoms with Crippen molar-refractivity contribution in [2.24, 2.45) is 11.8 Å². The van der Waals surface area contributed by atoms with Gasteiger partial charge in [-0.3, -0.25) is 0 Å². The average molecular weight is 253 g/mol. The van der Waals surface area contributed by atoms with Gasteiger partial charge in [0.25, 0.3) is 0 Å². The van der Waals surface area contributed by atoms with Crippen molar-refractivity contribution in [3.05, 3.63) is 0 Å². The van der Waals surface area contributed by atoms with Crippen molar-refractivity contribution in [3.63, 3.8) is 0 Å². The molecule has 0 spiro atoms. The monoisotopic (exact) mass is 253 g/mol. The van der Waals surface area contributed by atoms with Gasteiger partial charge in [0, 0.05) is 6.54 Å². The third-order valence-electron chi connectivity index (χ3n) is 5.06. The van der Waals surface area contributed by atoms with Gasteiger partial charge in [-0.1, -0.05) is 13.8 Å². The summed E-state index contributed by atoms with van der Waals surface area (Å²) < 4.78 is 6.59. The number of likely N-dealkylation sites (N-methyl/N-ethyl adjacent to an activating group) is 1. The second kappa shape index (κ2) is 6.38. The van der Waals surface area contributed by atoms with Gasteiger partial charge in [0.2, 0.25) is 0 Å². The van der Waals surface area contributed by atoms with E-state index in [1.165, 1.54) is 51.4 Å². The zero-order chi connectivity index (χ0) is 13.0. The maximum atomic E-state index is 6.59. The SMILES string of the molecule is CNCC1(OC2CCC(C)CC2)CCC(C)CC1. The Morgan fingerprint density at radius 2 is 1.50 bits per heavy atom. The predicted octanol–water partition coefficient (Wildman–Crippen LogP) is 3.75. The number of nitrogens with one attached hydrogen (secondary N) is 1. The van der Waals surface area contributed by atoms with Crippen molar-refractivity contribution in [2.45, 2.75) is 76.9 Å². The molecule has 0 saturated heterocycles. The molecule has 0 aliphatic heterocycles. The van der Waals surface area contributed by atoms with Crippen LogP contribution in [-0.4, -0.2) is 25.3 Å². The Hall–Kier alpha value is -0.0800. The normalized spacial score (nSPS) is 41.8. The largest absolute Gasteiger partial charge is 0.370 e. The third-order valence-corrected chi connectivity index (χ3v) is 5.06. The van der Waals surface area contributed by atoms with Crippen LogP contribution in [0.1, 0.15) is 65.2 Å². The molecule has 2 aliphatic carbocycles. The minimum atomic E-state index is 0.145. The lowest BCUT2D eigenvalue weighted by molar-refractivity contribution is -0.128. The molecule has 106 valence electrons. The summed E-state index contributed by atoms with van der Waals surface area (Å²) in [6.45, 7) is 5.79. The fraction of sp³-hybridized carbons (Fsp3) is 1.00. The molecule has 0 unspecified atom stereocenters. The standard InChI is InChI=1S/C16H31NO/c1-13-4-6-15(7-5-13)18-16(12-17-3)10-8-14(2)9-11-16/h13-15,17H,4-12H2,1-3H3. The summed E-state index contributed by atoms with van der Waals surface area (Å²) >= 11 is 0. The molecule has 2 nitrogen and oxygen atoms in total. The maximum absolute atomic E-state index is 6.59. The highest BCUT2D eigenvalue weighted by atomic mass is 16.5. The van der Waals surface area contributed by atoms with Crippen LogP contribution in [0.15, 0.2) is 0 Å². The van der Waals surface area contributed by atoms with Crippen LogP contribution in [0.4, 0.5) is 0 Å². The van der Waals surface area contributed by atoms with Gasteiger partial charge < -0.3 is 10.1 Å². The van der Waals surface area contributed by atoms with E-state index < -0.39 is 0 Å². The molecule has 0 radical (unpaired) electrons. The number of hydrogen-bond acceptors (Lipinski definition) is 2. The minimum absolute atomic E-state index is 0.145. The first-order chi connectivity index (χ1) is 8.63. The summed E-state index contributed by atoms with van der Waals surface area (Å²) in [4.78, 5) is 0. The van der Waals surface area contributed by atoms with Gasteiger partial charge >= 0.3 is 0 Å². The number of ether oxygens (including phenoxy) is 1. The van der Waals surface area contributed by atoms with Crippen molar-refractivity contribution >= 4 is 0 Å². The molecule has 2 saturated carbocycles. The van der Waals surface area contributed by atoms with E-state index in [0.717, 1.165) is 18.4 Å². The van der Waals surface area contributed by atoms with Crippen LogP contribution in [0.2, 0.25) is 0 Å². The summed E-state index contributed by atoms with van der Waals surface area (Å²) in [7, 11) is 2.06. The molecule has 0 bridgehead atoms. The molecule has 2 fully saturated rings. The Morgan fingerprint density at radius 3 is 2.06 bits per heavy atom. The molecule has 0 aromatic rings. The summed E-state index contributed by atoms with van der Waals surface area (Å²) in [5, 5.41) is 3.37. The predicted molar refractivity (Wildman–Crippen MR) is 76.8 cm³/mol. The van der Waals surface area contributed by atoms with E-state index in [9.17, 15) is 0 Å². The second-order valence-corrected chi connectivity index (χ2v) is 6.90. The first-order valence-corrected chi connectivity index (χ1v) is 7.96. The Labute approximate surface area is 113 Å². The molecule has 0 aromatic carbocycles. The summed E-state index contributed by atoms with van der Waals surface area (Å²) in [6.07, 6.45) is 11.0. The fourth-order valence-corrected chi connectivity index (χ4v) is 3.65. The molecule has 2 rings (SSSR count). The molecule has 2 heteroatoms. The van der Waals surface area contributed by atoms with Crippen molar-refractivity contribution in [1.29, 1.82) is 0 Å². The Morgan fingerprint density at radius 1 is 0.944 bits per heavy atom. The molecule has 0 atom stereocenters. The van der Waals surface area contributed by atoms with Crippen molar-refractivity contribution < 1.29 is 4.74 Å². The fourth-order valence-electron chi connectivity index (χ4n) is 3.65. The van der Waals surface area contributed by atoms with Gasteiger partial charge in [-0.25, -0.2) is 0 Å². The first kappa shape index (κ1) is 14.3. The molecular weight excluding hydrogens is 222 g/mol. The molecule has 0 heterocycles. The van der Waals surface area contributed by atoms with Crippen LogP contribution in [0, 0.1) is 11.8 Å². The Kier molecular flexibility index (Phi) is 5.08. The van der Waals surface area contributed by atoms with Gasteiger partial charge in [0.05, 0.1) is 11.7 Å². The van der Waals surface area contributed by atoms with Gasteiger partial charge in [0.15, 0.2) is 0 Å². The van der Waals surface area contributed by atoms with Crippen LogP contribution < -0.4 is 5.32 Å². The molecule has 1 N–H and O–H groups in total. The highest BCUT2D eigenvalue weighted by molar-refractivity contribution is 4.90. The Bertz CT molecular complexity index is 237. The van der Waals surface area contributed by atoms with E-state index in [1.54, 1.807) is 0 Å². The van der Waals surface area contributed by atoms with Crippen LogP contribution in [-0.2, 0) is 4.74 Å². The summed E-state index contributed by atoms with van der Waals surface area (Å²) in [6, 6.07) is 0. The van der Waals surface area contributed by atoms with Crippen LogP contribution >= 0.6 is 0 Å². The lowest BCUT2D eigenvalue weighted by Gasteiger charge is -2.43. The zero-order valence-corrected chi connectivity index (χ0v) is 12.5. The minimum Gasteiger partial charge on any atom is -0.370 e. The Balaban J connectivity index is 1.89. The molecule has 0 aromatic heterocycles. The molecule has 0 amide bonds. The highest BCUT2D eigenvalue weighted by Crippen LogP contribution is 2.38. The zero-order valence-electron chi connectivity index (χ0n) is 12.5. The molecule has 18 heavy (non-hydrogen) atoms. The van der Waals surface area contributed by atoms with E-state index in [2.05, 4.69) is 26.2 Å².